The van der Waals surface area contributed by atoms with Crippen LogP contribution in [0.25, 0.3) is 10.2 Å². The molecule has 1 N–H and O–H groups in total. The second kappa shape index (κ2) is 8.76. The molecule has 170 valence electrons. The lowest BCUT2D eigenvalue weighted by atomic mass is 9.97. The van der Waals surface area contributed by atoms with E-state index in [0.29, 0.717) is 23.4 Å². The first kappa shape index (κ1) is 22.6. The Morgan fingerprint density at radius 2 is 1.91 bits per heavy atom. The Morgan fingerprint density at radius 3 is 2.56 bits per heavy atom. The number of carbonyl (C=O) groups excluding carboxylic acids is 1. The summed E-state index contributed by atoms with van der Waals surface area (Å²) in [5, 5.41) is 2.83. The number of nitrogens with zero attached hydrogens (tertiary/aromatic N) is 3. The molecule has 2 aromatic heterocycles. The fourth-order valence-electron chi connectivity index (χ4n) is 4.01. The summed E-state index contributed by atoms with van der Waals surface area (Å²) in [6.45, 7) is 6.31. The lowest BCUT2D eigenvalue weighted by Crippen LogP contribution is -2.41. The molecule has 0 unspecified atom stereocenters. The van der Waals surface area contributed by atoms with Crippen molar-refractivity contribution in [2.75, 3.05) is 18.4 Å². The van der Waals surface area contributed by atoms with Crippen molar-refractivity contribution in [2.24, 2.45) is 5.92 Å². The van der Waals surface area contributed by atoms with Gasteiger partial charge in [-0.25, -0.2) is 13.4 Å². The molecule has 1 fully saturated rings. The van der Waals surface area contributed by atoms with Gasteiger partial charge in [-0.05, 0) is 69.5 Å². The summed E-state index contributed by atoms with van der Waals surface area (Å²) in [4.78, 5) is 29.1. The largest absolute Gasteiger partial charge is 0.310 e. The van der Waals surface area contributed by atoms with Crippen molar-refractivity contribution < 1.29 is 13.2 Å². The number of nitrogens with one attached hydrogen (secondary N) is 1. The number of amides is 1. The van der Waals surface area contributed by atoms with Gasteiger partial charge in [0.1, 0.15) is 5.82 Å². The van der Waals surface area contributed by atoms with E-state index in [2.05, 4.69) is 10.3 Å². The SMILES string of the molecule is Cc1ccnc(NC(=O)C2CCN(S(=O)(=O)c3ccc4c(c3)sc(=O)n4C(C)C)CC2)c1. The molecule has 3 aromatic rings. The summed E-state index contributed by atoms with van der Waals surface area (Å²) in [6, 6.07) is 8.50. The molecule has 1 aliphatic heterocycles. The number of aryl methyl sites for hydroxylation is 1. The zero-order chi connectivity index (χ0) is 23.0. The first-order valence-electron chi connectivity index (χ1n) is 10.6. The van der Waals surface area contributed by atoms with Crippen molar-refractivity contribution in [3.8, 4) is 0 Å². The molecule has 0 bridgehead atoms. The number of rotatable bonds is 5. The quantitative estimate of drug-likeness (QED) is 0.611. The molecule has 0 atom stereocenters. The number of sulfonamides is 1. The molecule has 4 rings (SSSR count). The molecule has 10 heteroatoms. The fraction of sp³-hybridized carbons (Fsp3) is 0.409. The van der Waals surface area contributed by atoms with Crippen LogP contribution in [0.2, 0.25) is 0 Å². The number of hydrogen-bond acceptors (Lipinski definition) is 6. The van der Waals surface area contributed by atoms with Gasteiger partial charge in [-0.1, -0.05) is 11.3 Å². The number of piperidine rings is 1. The second-order valence-corrected chi connectivity index (χ2v) is 11.3. The number of benzene rings is 1. The van der Waals surface area contributed by atoms with Gasteiger partial charge >= 0.3 is 4.87 Å². The molecule has 0 aliphatic carbocycles. The second-order valence-electron chi connectivity index (χ2n) is 8.35. The molecule has 8 nitrogen and oxygen atoms in total. The molecule has 1 saturated heterocycles. The predicted octanol–water partition coefficient (Wildman–Crippen LogP) is 3.39. The summed E-state index contributed by atoms with van der Waals surface area (Å²) in [7, 11) is -3.71. The summed E-state index contributed by atoms with van der Waals surface area (Å²) >= 11 is 1.06. The molecular weight excluding hydrogens is 448 g/mol. The first-order valence-corrected chi connectivity index (χ1v) is 12.8. The molecule has 0 saturated carbocycles. The number of hydrogen-bond donors (Lipinski definition) is 1. The predicted molar refractivity (Wildman–Crippen MR) is 126 cm³/mol. The van der Waals surface area contributed by atoms with Crippen LogP contribution in [0.15, 0.2) is 46.2 Å². The normalized spacial score (nSPS) is 16.0. The monoisotopic (exact) mass is 474 g/mol. The van der Waals surface area contributed by atoms with Gasteiger partial charge in [-0.2, -0.15) is 4.31 Å². The number of anilines is 1. The Morgan fingerprint density at radius 1 is 1.19 bits per heavy atom. The van der Waals surface area contributed by atoms with E-state index in [-0.39, 0.29) is 40.7 Å². The average molecular weight is 475 g/mol. The lowest BCUT2D eigenvalue weighted by Gasteiger charge is -2.30. The van der Waals surface area contributed by atoms with E-state index in [1.54, 1.807) is 35.0 Å². The Kier molecular flexibility index (Phi) is 6.19. The van der Waals surface area contributed by atoms with Crippen LogP contribution in [0.1, 0.15) is 38.3 Å². The van der Waals surface area contributed by atoms with Gasteiger partial charge in [0.2, 0.25) is 15.9 Å². The first-order chi connectivity index (χ1) is 15.2. The molecular formula is C22H26N4O4S2. The molecule has 0 radical (unpaired) electrons. The van der Waals surface area contributed by atoms with Crippen LogP contribution < -0.4 is 10.2 Å². The smallest absolute Gasteiger partial charge is 0.308 e. The van der Waals surface area contributed by atoms with Gasteiger partial charge < -0.3 is 5.32 Å². The third-order valence-electron chi connectivity index (χ3n) is 5.73. The van der Waals surface area contributed by atoms with Crippen LogP contribution in [0, 0.1) is 12.8 Å². The van der Waals surface area contributed by atoms with Crippen LogP contribution in [-0.2, 0) is 14.8 Å². The highest BCUT2D eigenvalue weighted by Crippen LogP contribution is 2.28. The van der Waals surface area contributed by atoms with Crippen molar-refractivity contribution in [3.63, 3.8) is 0 Å². The van der Waals surface area contributed by atoms with Gasteiger partial charge in [0.05, 0.1) is 15.1 Å². The Labute approximate surface area is 190 Å². The Hall–Kier alpha value is -2.56. The topological polar surface area (TPSA) is 101 Å². The molecule has 1 aliphatic rings. The third kappa shape index (κ3) is 4.35. The van der Waals surface area contributed by atoms with Gasteiger partial charge in [0.15, 0.2) is 0 Å². The molecule has 0 spiro atoms. The number of carbonyl (C=O) groups is 1. The third-order valence-corrected chi connectivity index (χ3v) is 8.54. The maximum Gasteiger partial charge on any atom is 0.308 e. The average Bonchev–Trinajstić information content (AvgIpc) is 3.09. The zero-order valence-electron chi connectivity index (χ0n) is 18.2. The van der Waals surface area contributed by atoms with E-state index < -0.39 is 10.0 Å². The molecule has 3 heterocycles. The summed E-state index contributed by atoms with van der Waals surface area (Å²) in [5.41, 5.74) is 1.75. The van der Waals surface area contributed by atoms with Crippen molar-refractivity contribution >= 4 is 43.3 Å². The fourth-order valence-corrected chi connectivity index (χ4v) is 6.63. The number of pyridine rings is 1. The highest BCUT2D eigenvalue weighted by atomic mass is 32.2. The highest BCUT2D eigenvalue weighted by molar-refractivity contribution is 7.89. The van der Waals surface area contributed by atoms with Gasteiger partial charge in [-0.15, -0.1) is 0 Å². The van der Waals surface area contributed by atoms with Crippen LogP contribution in [0.5, 0.6) is 0 Å². The minimum absolute atomic E-state index is 0.00103. The molecule has 1 amide bonds. The maximum absolute atomic E-state index is 13.2. The zero-order valence-corrected chi connectivity index (χ0v) is 19.9. The van der Waals surface area contributed by atoms with E-state index in [0.717, 1.165) is 22.4 Å². The highest BCUT2D eigenvalue weighted by Gasteiger charge is 2.32. The summed E-state index contributed by atoms with van der Waals surface area (Å²) in [6.07, 6.45) is 2.52. The minimum Gasteiger partial charge on any atom is -0.310 e. The van der Waals surface area contributed by atoms with Crippen LogP contribution >= 0.6 is 11.3 Å². The van der Waals surface area contributed by atoms with Crippen LogP contribution in [-0.4, -0.2) is 41.3 Å². The van der Waals surface area contributed by atoms with Crippen LogP contribution in [0.4, 0.5) is 5.82 Å². The molecule has 32 heavy (non-hydrogen) atoms. The van der Waals surface area contributed by atoms with Crippen molar-refractivity contribution in [1.82, 2.24) is 13.9 Å². The lowest BCUT2D eigenvalue weighted by molar-refractivity contribution is -0.120. The van der Waals surface area contributed by atoms with Crippen LogP contribution in [0.3, 0.4) is 0 Å². The van der Waals surface area contributed by atoms with E-state index in [1.807, 2.05) is 26.8 Å². The van der Waals surface area contributed by atoms with Gasteiger partial charge in [0.25, 0.3) is 0 Å². The maximum atomic E-state index is 13.2. The number of thiazole rings is 1. The minimum atomic E-state index is -3.71. The van der Waals surface area contributed by atoms with E-state index in [9.17, 15) is 18.0 Å². The van der Waals surface area contributed by atoms with Crippen molar-refractivity contribution in [2.45, 2.75) is 44.6 Å². The van der Waals surface area contributed by atoms with E-state index in [1.165, 1.54) is 4.31 Å². The number of fused-ring (bicyclic) bond motifs is 1. The Balaban J connectivity index is 1.47. The standard InChI is InChI=1S/C22H26N4O4S2/c1-14(2)26-18-5-4-17(13-19(18)31-22(26)28)32(29,30)25-10-7-16(8-11-25)21(27)24-20-12-15(3)6-9-23-20/h4-6,9,12-14,16H,7-8,10-11H2,1-3H3,(H,23,24,27). The van der Waals surface area contributed by atoms with E-state index in [4.69, 9.17) is 0 Å². The van der Waals surface area contributed by atoms with Crippen molar-refractivity contribution in [1.29, 1.82) is 0 Å². The summed E-state index contributed by atoms with van der Waals surface area (Å²) in [5.74, 6) is 0.101. The van der Waals surface area contributed by atoms with E-state index >= 15 is 0 Å². The Bertz CT molecular complexity index is 1320. The van der Waals surface area contributed by atoms with Gasteiger partial charge in [0, 0.05) is 31.2 Å². The molecule has 1 aromatic carbocycles. The summed E-state index contributed by atoms with van der Waals surface area (Å²) < 4.78 is 30.1. The van der Waals surface area contributed by atoms with Gasteiger partial charge in [-0.3, -0.25) is 14.2 Å². The van der Waals surface area contributed by atoms with Crippen molar-refractivity contribution in [3.05, 3.63) is 51.8 Å². The number of aromatic nitrogens is 2.